The minimum Gasteiger partial charge on any atom is -0.457 e. The van der Waals surface area contributed by atoms with E-state index in [0.29, 0.717) is 11.8 Å². The third kappa shape index (κ3) is 5.03. The molecular weight excluding hydrogens is 444 g/mol. The Morgan fingerprint density at radius 1 is 0.971 bits per heavy atom. The van der Waals surface area contributed by atoms with Crippen LogP contribution in [0.3, 0.4) is 0 Å². The van der Waals surface area contributed by atoms with E-state index in [4.69, 9.17) is 9.47 Å². The van der Waals surface area contributed by atoms with E-state index in [1.165, 1.54) is 4.90 Å². The van der Waals surface area contributed by atoms with Gasteiger partial charge < -0.3 is 14.8 Å². The summed E-state index contributed by atoms with van der Waals surface area (Å²) >= 11 is 0. The number of nitrogens with zero attached hydrogens (tertiary/aromatic N) is 5. The zero-order chi connectivity index (χ0) is 24.2. The van der Waals surface area contributed by atoms with E-state index in [0.717, 1.165) is 22.6 Å². The Morgan fingerprint density at radius 3 is 2.43 bits per heavy atom. The molecule has 5 rings (SSSR count). The molecule has 2 aromatic heterocycles. The van der Waals surface area contributed by atoms with E-state index in [9.17, 15) is 4.79 Å². The third-order valence-corrected chi connectivity index (χ3v) is 5.62. The number of pyridine rings is 1. The van der Waals surface area contributed by atoms with Gasteiger partial charge in [-0.2, -0.15) is 15.0 Å². The van der Waals surface area contributed by atoms with Gasteiger partial charge in [0, 0.05) is 12.4 Å². The maximum absolute atomic E-state index is 12.5. The van der Waals surface area contributed by atoms with Crippen LogP contribution in [0.15, 0.2) is 79.1 Å². The van der Waals surface area contributed by atoms with Crippen LogP contribution in [-0.2, 0) is 4.74 Å². The van der Waals surface area contributed by atoms with Crippen molar-refractivity contribution in [1.29, 1.82) is 0 Å². The number of hydrogen-bond donors (Lipinski definition) is 1. The Labute approximate surface area is 202 Å². The molecule has 2 aromatic carbocycles. The summed E-state index contributed by atoms with van der Waals surface area (Å²) in [6.45, 7) is 3.99. The molecule has 0 bridgehead atoms. The van der Waals surface area contributed by atoms with Crippen LogP contribution in [0.1, 0.15) is 36.0 Å². The van der Waals surface area contributed by atoms with Gasteiger partial charge in [-0.25, -0.2) is 9.69 Å². The van der Waals surface area contributed by atoms with Crippen LogP contribution in [-0.4, -0.2) is 32.6 Å². The van der Waals surface area contributed by atoms with Crippen LogP contribution in [0.5, 0.6) is 11.5 Å². The molecule has 2 atom stereocenters. The number of anilines is 2. The number of nitrogens with one attached hydrogen (secondary N) is 1. The number of amides is 1. The van der Waals surface area contributed by atoms with Crippen LogP contribution in [0, 0.1) is 6.92 Å². The minimum atomic E-state index is -0.495. The molecule has 3 heterocycles. The summed E-state index contributed by atoms with van der Waals surface area (Å²) in [7, 11) is 0. The number of ether oxygens (including phenoxy) is 2. The SMILES string of the molecule is Cc1nc(N[C@@H](C)c2ccc(Oc3ccccc3)cc2)nc(N2C(=O)OC[C@@H]2c2ccncc2)n1. The molecule has 35 heavy (non-hydrogen) atoms. The minimum absolute atomic E-state index is 0.100. The Bertz CT molecular complexity index is 1300. The Hall–Kier alpha value is -4.53. The number of aryl methyl sites for hydroxylation is 1. The molecule has 1 saturated heterocycles. The molecule has 0 saturated carbocycles. The monoisotopic (exact) mass is 468 g/mol. The summed E-state index contributed by atoms with van der Waals surface area (Å²) in [6.07, 6.45) is 2.87. The van der Waals surface area contributed by atoms with Crippen molar-refractivity contribution in [3.63, 3.8) is 0 Å². The largest absolute Gasteiger partial charge is 0.457 e. The smallest absolute Gasteiger partial charge is 0.417 e. The Balaban J connectivity index is 1.33. The van der Waals surface area contributed by atoms with E-state index in [-0.39, 0.29) is 24.6 Å². The highest BCUT2D eigenvalue weighted by Crippen LogP contribution is 2.31. The fraction of sp³-hybridized carbons (Fsp3) is 0.192. The Kier molecular flexibility index (Phi) is 6.21. The van der Waals surface area contributed by atoms with Crippen LogP contribution >= 0.6 is 0 Å². The second-order valence-electron chi connectivity index (χ2n) is 8.10. The summed E-state index contributed by atoms with van der Waals surface area (Å²) in [5, 5.41) is 3.31. The zero-order valence-corrected chi connectivity index (χ0v) is 19.3. The molecule has 1 fully saturated rings. The van der Waals surface area contributed by atoms with Gasteiger partial charge in [0.1, 0.15) is 30.0 Å². The predicted molar refractivity (Wildman–Crippen MR) is 130 cm³/mol. The molecule has 9 nitrogen and oxygen atoms in total. The first-order chi connectivity index (χ1) is 17.1. The van der Waals surface area contributed by atoms with Crippen molar-refractivity contribution < 1.29 is 14.3 Å². The van der Waals surface area contributed by atoms with Gasteiger partial charge in [-0.15, -0.1) is 0 Å². The first-order valence-electron chi connectivity index (χ1n) is 11.2. The van der Waals surface area contributed by atoms with Gasteiger partial charge >= 0.3 is 6.09 Å². The second-order valence-corrected chi connectivity index (χ2v) is 8.10. The van der Waals surface area contributed by atoms with Crippen LogP contribution < -0.4 is 15.0 Å². The van der Waals surface area contributed by atoms with Crippen LogP contribution in [0.4, 0.5) is 16.7 Å². The van der Waals surface area contributed by atoms with Crippen molar-refractivity contribution >= 4 is 18.0 Å². The van der Waals surface area contributed by atoms with Gasteiger partial charge in [0.15, 0.2) is 0 Å². The molecule has 1 aliphatic heterocycles. The van der Waals surface area contributed by atoms with Crippen molar-refractivity contribution in [1.82, 2.24) is 19.9 Å². The van der Waals surface area contributed by atoms with E-state index in [1.807, 2.05) is 73.7 Å². The predicted octanol–water partition coefficient (Wildman–Crippen LogP) is 5.24. The lowest BCUT2D eigenvalue weighted by atomic mass is 10.1. The number of carbonyl (C=O) groups is 1. The topological polar surface area (TPSA) is 102 Å². The van der Waals surface area contributed by atoms with Crippen molar-refractivity contribution in [2.45, 2.75) is 25.9 Å². The normalized spacial score (nSPS) is 16.0. The molecule has 0 aliphatic carbocycles. The number of aromatic nitrogens is 4. The van der Waals surface area contributed by atoms with Gasteiger partial charge in [-0.3, -0.25) is 4.98 Å². The van der Waals surface area contributed by atoms with Gasteiger partial charge in [-0.05, 0) is 61.4 Å². The maximum Gasteiger partial charge on any atom is 0.417 e. The van der Waals surface area contributed by atoms with Gasteiger partial charge in [0.05, 0.1) is 6.04 Å². The lowest BCUT2D eigenvalue weighted by Gasteiger charge is -2.21. The van der Waals surface area contributed by atoms with Gasteiger partial charge in [0.2, 0.25) is 11.9 Å². The zero-order valence-electron chi connectivity index (χ0n) is 19.3. The van der Waals surface area contributed by atoms with Crippen molar-refractivity contribution in [2.24, 2.45) is 0 Å². The number of benzene rings is 2. The molecule has 0 unspecified atom stereocenters. The molecule has 1 amide bonds. The maximum atomic E-state index is 12.5. The molecular formula is C26H24N6O3. The summed E-state index contributed by atoms with van der Waals surface area (Å²) in [6, 6.07) is 20.7. The van der Waals surface area contributed by atoms with Crippen LogP contribution in [0.2, 0.25) is 0 Å². The molecule has 0 radical (unpaired) electrons. The summed E-state index contributed by atoms with van der Waals surface area (Å²) < 4.78 is 11.2. The molecule has 9 heteroatoms. The number of rotatable bonds is 7. The highest BCUT2D eigenvalue weighted by molar-refractivity contribution is 5.88. The lowest BCUT2D eigenvalue weighted by Crippen LogP contribution is -2.30. The number of para-hydroxylation sites is 1. The average molecular weight is 469 g/mol. The first-order valence-corrected chi connectivity index (χ1v) is 11.2. The highest BCUT2D eigenvalue weighted by Gasteiger charge is 2.37. The second kappa shape index (κ2) is 9.76. The van der Waals surface area contributed by atoms with Crippen LogP contribution in [0.25, 0.3) is 0 Å². The van der Waals surface area contributed by atoms with Gasteiger partial charge in [-0.1, -0.05) is 30.3 Å². The fourth-order valence-electron chi connectivity index (χ4n) is 3.84. The molecule has 1 N–H and O–H groups in total. The van der Waals surface area contributed by atoms with E-state index < -0.39 is 6.09 Å². The third-order valence-electron chi connectivity index (χ3n) is 5.62. The quantitative estimate of drug-likeness (QED) is 0.393. The van der Waals surface area contributed by atoms with E-state index in [1.54, 1.807) is 19.3 Å². The molecule has 176 valence electrons. The average Bonchev–Trinajstić information content (AvgIpc) is 3.26. The summed E-state index contributed by atoms with van der Waals surface area (Å²) in [5.74, 6) is 2.63. The number of cyclic esters (lactones) is 1. The number of hydrogen-bond acceptors (Lipinski definition) is 8. The molecule has 0 spiro atoms. The van der Waals surface area contributed by atoms with E-state index >= 15 is 0 Å². The Morgan fingerprint density at radius 2 is 1.69 bits per heavy atom. The number of carbonyl (C=O) groups excluding carboxylic acids is 1. The van der Waals surface area contributed by atoms with Crippen molar-refractivity contribution in [3.05, 3.63) is 96.1 Å². The van der Waals surface area contributed by atoms with Crippen molar-refractivity contribution in [3.8, 4) is 11.5 Å². The van der Waals surface area contributed by atoms with Crippen molar-refractivity contribution in [2.75, 3.05) is 16.8 Å². The molecule has 1 aliphatic rings. The van der Waals surface area contributed by atoms with Gasteiger partial charge in [0.25, 0.3) is 0 Å². The first kappa shape index (κ1) is 22.3. The highest BCUT2D eigenvalue weighted by atomic mass is 16.6. The molecule has 4 aromatic rings. The van der Waals surface area contributed by atoms with E-state index in [2.05, 4.69) is 25.3 Å². The standard InChI is InChI=1S/C26H24N6O3/c1-17(19-8-10-22(11-9-19)35-21-6-4-3-5-7-21)28-24-29-18(2)30-25(31-24)32-23(16-34-26(32)33)20-12-14-27-15-13-20/h3-15,17,23H,16H2,1-2H3,(H,28,29,30,31)/t17-,23+/m0/s1. The fourth-order valence-corrected chi connectivity index (χ4v) is 3.84. The summed E-state index contributed by atoms with van der Waals surface area (Å²) in [4.78, 5) is 31.4. The lowest BCUT2D eigenvalue weighted by molar-refractivity contribution is 0.178. The summed E-state index contributed by atoms with van der Waals surface area (Å²) in [5.41, 5.74) is 1.92.